The molecule has 0 fully saturated rings. The van der Waals surface area contributed by atoms with E-state index in [4.69, 9.17) is 5.73 Å². The molecule has 0 amide bonds. The summed E-state index contributed by atoms with van der Waals surface area (Å²) in [5.41, 5.74) is 8.79. The molecule has 4 heteroatoms. The number of nitrogen functional groups attached to an aromatic ring is 1. The van der Waals surface area contributed by atoms with Crippen LogP contribution in [0.3, 0.4) is 0 Å². The van der Waals surface area contributed by atoms with Crippen LogP contribution in [-0.4, -0.2) is 21.3 Å². The van der Waals surface area contributed by atoms with E-state index in [-0.39, 0.29) is 0 Å². The molecule has 18 heavy (non-hydrogen) atoms. The Hall–Kier alpha value is -1.42. The van der Waals surface area contributed by atoms with Gasteiger partial charge in [-0.15, -0.1) is 0 Å². The lowest BCUT2D eigenvalue weighted by atomic mass is 10.1. The van der Waals surface area contributed by atoms with E-state index < -0.39 is 0 Å². The Labute approximate surface area is 112 Å². The molecule has 2 N–H and O–H groups in total. The summed E-state index contributed by atoms with van der Waals surface area (Å²) < 4.78 is 2.02. The topological polar surface area (TPSA) is 43.8 Å². The molecule has 1 aromatic carbocycles. The molecule has 0 saturated heterocycles. The van der Waals surface area contributed by atoms with Crippen LogP contribution in [0.5, 0.6) is 0 Å². The maximum Gasteiger partial charge on any atom is 0.0568 e. The van der Waals surface area contributed by atoms with E-state index in [0.29, 0.717) is 0 Å². The lowest BCUT2D eigenvalue weighted by Crippen LogP contribution is -1.99. The third-order valence-electron chi connectivity index (χ3n) is 2.76. The first-order valence-electron chi connectivity index (χ1n) is 6.25. The number of aromatic nitrogens is 2. The third-order valence-corrected chi connectivity index (χ3v) is 3.74. The number of anilines is 1. The molecule has 1 heterocycles. The van der Waals surface area contributed by atoms with Gasteiger partial charge >= 0.3 is 0 Å². The number of hydrogen-bond donors (Lipinski definition) is 1. The van der Waals surface area contributed by atoms with Crippen molar-refractivity contribution >= 4 is 17.4 Å². The van der Waals surface area contributed by atoms with Gasteiger partial charge in [0.05, 0.1) is 6.20 Å². The van der Waals surface area contributed by atoms with E-state index in [1.54, 1.807) is 0 Å². The first-order chi connectivity index (χ1) is 8.79. The molecule has 2 rings (SSSR count). The first kappa shape index (κ1) is 13.0. The van der Waals surface area contributed by atoms with Gasteiger partial charge in [-0.05, 0) is 35.6 Å². The minimum atomic E-state index is 0.794. The van der Waals surface area contributed by atoms with Gasteiger partial charge < -0.3 is 5.73 Å². The first-order valence-corrected chi connectivity index (χ1v) is 7.41. The Balaban J connectivity index is 1.95. The van der Waals surface area contributed by atoms with Gasteiger partial charge in [0, 0.05) is 24.0 Å². The smallest absolute Gasteiger partial charge is 0.0568 e. The Morgan fingerprint density at radius 2 is 2.00 bits per heavy atom. The van der Waals surface area contributed by atoms with Crippen LogP contribution in [0.1, 0.15) is 13.3 Å². The van der Waals surface area contributed by atoms with E-state index in [2.05, 4.69) is 18.2 Å². The quantitative estimate of drug-likeness (QED) is 0.641. The van der Waals surface area contributed by atoms with Gasteiger partial charge in [-0.1, -0.05) is 19.1 Å². The fraction of sp³-hybridized carbons (Fsp3) is 0.357. The van der Waals surface area contributed by atoms with Crippen LogP contribution in [0.15, 0.2) is 36.7 Å². The largest absolute Gasteiger partial charge is 0.399 e. The number of nitrogens with zero attached hydrogens (tertiary/aromatic N) is 2. The fourth-order valence-electron chi connectivity index (χ4n) is 1.78. The van der Waals surface area contributed by atoms with Gasteiger partial charge in [0.2, 0.25) is 0 Å². The second kappa shape index (κ2) is 6.50. The van der Waals surface area contributed by atoms with Crippen molar-refractivity contribution in [1.82, 2.24) is 9.78 Å². The molecule has 2 aromatic rings. The monoisotopic (exact) mass is 261 g/mol. The molecule has 0 saturated carbocycles. The molecule has 1 aromatic heterocycles. The molecule has 3 nitrogen and oxygen atoms in total. The number of nitrogens with two attached hydrogens (primary N) is 1. The number of rotatable bonds is 6. The van der Waals surface area contributed by atoms with Crippen molar-refractivity contribution in [2.45, 2.75) is 19.9 Å². The summed E-state index contributed by atoms with van der Waals surface area (Å²) in [5.74, 6) is 2.39. The van der Waals surface area contributed by atoms with Crippen LogP contribution in [0, 0.1) is 0 Å². The van der Waals surface area contributed by atoms with E-state index >= 15 is 0 Å². The third kappa shape index (κ3) is 3.53. The molecule has 0 aliphatic heterocycles. The Morgan fingerprint density at radius 3 is 2.72 bits per heavy atom. The van der Waals surface area contributed by atoms with Crippen LogP contribution in [0.25, 0.3) is 11.1 Å². The molecule has 0 bridgehead atoms. The second-order valence-electron chi connectivity index (χ2n) is 4.16. The number of thioether (sulfide) groups is 1. The Bertz CT molecular complexity index is 476. The van der Waals surface area contributed by atoms with Crippen LogP contribution >= 0.6 is 11.8 Å². The summed E-state index contributed by atoms with van der Waals surface area (Å²) in [4.78, 5) is 0. The van der Waals surface area contributed by atoms with E-state index in [1.165, 1.54) is 23.5 Å². The SMILES string of the molecule is CCSCCCn1cc(-c2ccc(N)cc2)cn1. The number of benzene rings is 1. The average Bonchev–Trinajstić information content (AvgIpc) is 2.84. The van der Waals surface area contributed by atoms with Gasteiger partial charge in [-0.25, -0.2) is 0 Å². The zero-order valence-electron chi connectivity index (χ0n) is 10.7. The highest BCUT2D eigenvalue weighted by Gasteiger charge is 2.01. The van der Waals surface area contributed by atoms with Crippen molar-refractivity contribution in [3.63, 3.8) is 0 Å². The predicted molar refractivity (Wildman–Crippen MR) is 79.7 cm³/mol. The van der Waals surface area contributed by atoms with Crippen LogP contribution in [0.4, 0.5) is 5.69 Å². The molecular weight excluding hydrogens is 242 g/mol. The number of aryl methyl sites for hydroxylation is 1. The maximum absolute atomic E-state index is 5.68. The van der Waals surface area contributed by atoms with Crippen molar-refractivity contribution < 1.29 is 0 Å². The highest BCUT2D eigenvalue weighted by atomic mass is 32.2. The molecule has 0 aliphatic carbocycles. The number of hydrogen-bond acceptors (Lipinski definition) is 3. The van der Waals surface area contributed by atoms with Gasteiger partial charge in [0.25, 0.3) is 0 Å². The summed E-state index contributed by atoms with van der Waals surface area (Å²) in [7, 11) is 0. The molecule has 0 aliphatic rings. The van der Waals surface area contributed by atoms with Gasteiger partial charge in [0.1, 0.15) is 0 Å². The fourth-order valence-corrected chi connectivity index (χ4v) is 2.41. The van der Waals surface area contributed by atoms with Crippen molar-refractivity contribution in [2.75, 3.05) is 17.2 Å². The minimum absolute atomic E-state index is 0.794. The predicted octanol–water partition coefficient (Wildman–Crippen LogP) is 3.28. The summed E-state index contributed by atoms with van der Waals surface area (Å²) in [6, 6.07) is 7.91. The summed E-state index contributed by atoms with van der Waals surface area (Å²) in [5, 5.41) is 4.39. The lowest BCUT2D eigenvalue weighted by molar-refractivity contribution is 0.606. The Morgan fingerprint density at radius 1 is 1.22 bits per heavy atom. The van der Waals surface area contributed by atoms with E-state index in [0.717, 1.165) is 17.8 Å². The molecular formula is C14H19N3S. The van der Waals surface area contributed by atoms with Crippen LogP contribution < -0.4 is 5.73 Å². The second-order valence-corrected chi connectivity index (χ2v) is 5.56. The van der Waals surface area contributed by atoms with Gasteiger partial charge in [-0.2, -0.15) is 16.9 Å². The molecule has 0 radical (unpaired) electrons. The minimum Gasteiger partial charge on any atom is -0.399 e. The summed E-state index contributed by atoms with van der Waals surface area (Å²) in [6.07, 6.45) is 5.18. The molecule has 96 valence electrons. The standard InChI is InChI=1S/C14H19N3S/c1-2-18-9-3-8-17-11-13(10-16-17)12-4-6-14(15)7-5-12/h4-7,10-11H,2-3,8-9,15H2,1H3. The summed E-state index contributed by atoms with van der Waals surface area (Å²) >= 11 is 1.98. The van der Waals surface area contributed by atoms with E-state index in [9.17, 15) is 0 Å². The zero-order valence-corrected chi connectivity index (χ0v) is 11.5. The highest BCUT2D eigenvalue weighted by Crippen LogP contribution is 2.19. The zero-order chi connectivity index (χ0) is 12.8. The normalized spacial score (nSPS) is 10.7. The Kier molecular flexibility index (Phi) is 4.70. The van der Waals surface area contributed by atoms with Gasteiger partial charge in [-0.3, -0.25) is 4.68 Å². The van der Waals surface area contributed by atoms with Crippen LogP contribution in [-0.2, 0) is 6.54 Å². The average molecular weight is 261 g/mol. The van der Waals surface area contributed by atoms with Crippen molar-refractivity contribution in [2.24, 2.45) is 0 Å². The molecule has 0 atom stereocenters. The van der Waals surface area contributed by atoms with E-state index in [1.807, 2.05) is 46.9 Å². The summed E-state index contributed by atoms with van der Waals surface area (Å²) in [6.45, 7) is 3.18. The maximum atomic E-state index is 5.68. The van der Waals surface area contributed by atoms with Crippen molar-refractivity contribution in [3.05, 3.63) is 36.7 Å². The highest BCUT2D eigenvalue weighted by molar-refractivity contribution is 7.99. The molecule has 0 spiro atoms. The lowest BCUT2D eigenvalue weighted by Gasteiger charge is -2.00. The molecule has 0 unspecified atom stereocenters. The van der Waals surface area contributed by atoms with Crippen molar-refractivity contribution in [1.29, 1.82) is 0 Å². The van der Waals surface area contributed by atoms with Gasteiger partial charge in [0.15, 0.2) is 0 Å². The van der Waals surface area contributed by atoms with Crippen LogP contribution in [0.2, 0.25) is 0 Å². The van der Waals surface area contributed by atoms with Crippen molar-refractivity contribution in [3.8, 4) is 11.1 Å².